The number of hydrogen-bond acceptors (Lipinski definition) is 2. The van der Waals surface area contributed by atoms with Crippen molar-refractivity contribution in [2.75, 3.05) is 13.1 Å². The molecule has 1 aliphatic rings. The van der Waals surface area contributed by atoms with Crippen LogP contribution in [0.15, 0.2) is 28.9 Å². The van der Waals surface area contributed by atoms with Crippen LogP contribution in [0.4, 0.5) is 4.39 Å². The van der Waals surface area contributed by atoms with E-state index in [4.69, 9.17) is 4.42 Å². The molecule has 0 saturated carbocycles. The first kappa shape index (κ1) is 10.8. The van der Waals surface area contributed by atoms with Crippen molar-refractivity contribution in [3.8, 4) is 0 Å². The minimum absolute atomic E-state index is 0.133. The molecule has 2 heterocycles. The van der Waals surface area contributed by atoms with Gasteiger partial charge in [-0.05, 0) is 49.5 Å². The van der Waals surface area contributed by atoms with Crippen LogP contribution in [0.3, 0.4) is 0 Å². The van der Waals surface area contributed by atoms with Gasteiger partial charge in [0, 0.05) is 10.9 Å². The molecule has 90 valence electrons. The maximum Gasteiger partial charge on any atom is 0.140 e. The number of nitrogens with one attached hydrogen (secondary N) is 1. The predicted octanol–water partition coefficient (Wildman–Crippen LogP) is 3.28. The van der Waals surface area contributed by atoms with Crippen LogP contribution in [0.2, 0.25) is 0 Å². The molecule has 1 saturated heterocycles. The van der Waals surface area contributed by atoms with Crippen LogP contribution >= 0.6 is 0 Å². The quantitative estimate of drug-likeness (QED) is 0.817. The zero-order valence-corrected chi connectivity index (χ0v) is 9.87. The summed E-state index contributed by atoms with van der Waals surface area (Å²) in [7, 11) is 0. The Hall–Kier alpha value is -1.35. The van der Waals surface area contributed by atoms with Crippen LogP contribution in [-0.2, 0) is 0 Å². The second kappa shape index (κ2) is 4.15. The van der Waals surface area contributed by atoms with Gasteiger partial charge in [0.1, 0.15) is 11.4 Å². The summed E-state index contributed by atoms with van der Waals surface area (Å²) in [6, 6.07) is 5.23. The average molecular weight is 233 g/mol. The van der Waals surface area contributed by atoms with E-state index in [0.717, 1.165) is 36.0 Å². The van der Waals surface area contributed by atoms with Crippen molar-refractivity contribution in [3.63, 3.8) is 0 Å². The van der Waals surface area contributed by atoms with E-state index in [1.165, 1.54) is 0 Å². The molecule has 1 fully saturated rings. The highest BCUT2D eigenvalue weighted by Crippen LogP contribution is 2.36. The van der Waals surface area contributed by atoms with Gasteiger partial charge in [0.15, 0.2) is 0 Å². The molecule has 1 aromatic carbocycles. The predicted molar refractivity (Wildman–Crippen MR) is 65.6 cm³/mol. The van der Waals surface area contributed by atoms with Gasteiger partial charge in [-0.2, -0.15) is 0 Å². The highest BCUT2D eigenvalue weighted by Gasteiger charge is 2.27. The van der Waals surface area contributed by atoms with E-state index in [9.17, 15) is 4.39 Å². The maximum absolute atomic E-state index is 14.1. The van der Waals surface area contributed by atoms with E-state index >= 15 is 0 Å². The average Bonchev–Trinajstić information content (AvgIpc) is 2.79. The molecule has 1 aliphatic heterocycles. The van der Waals surface area contributed by atoms with Crippen LogP contribution in [0.5, 0.6) is 0 Å². The lowest BCUT2D eigenvalue weighted by molar-refractivity contribution is 0.341. The molecule has 1 N–H and O–H groups in total. The van der Waals surface area contributed by atoms with E-state index in [-0.39, 0.29) is 11.7 Å². The van der Waals surface area contributed by atoms with Gasteiger partial charge in [0.2, 0.25) is 0 Å². The Bertz CT molecular complexity index is 534. The Morgan fingerprint density at radius 3 is 3.06 bits per heavy atom. The summed E-state index contributed by atoms with van der Waals surface area (Å²) in [5.41, 5.74) is 1.49. The van der Waals surface area contributed by atoms with Crippen LogP contribution in [0, 0.1) is 11.7 Å². The molecule has 2 aromatic rings. The number of fused-ring (bicyclic) bond motifs is 1. The van der Waals surface area contributed by atoms with Gasteiger partial charge in [-0.1, -0.05) is 6.92 Å². The molecule has 2 nitrogen and oxygen atoms in total. The first-order valence-electron chi connectivity index (χ1n) is 6.13. The van der Waals surface area contributed by atoms with Crippen molar-refractivity contribution in [1.82, 2.24) is 5.32 Å². The number of furan rings is 1. The van der Waals surface area contributed by atoms with Crippen molar-refractivity contribution >= 4 is 11.0 Å². The van der Waals surface area contributed by atoms with E-state index in [1.54, 1.807) is 18.4 Å². The van der Waals surface area contributed by atoms with Crippen LogP contribution < -0.4 is 5.32 Å². The van der Waals surface area contributed by atoms with E-state index in [2.05, 4.69) is 12.2 Å². The molecule has 3 rings (SSSR count). The number of piperidine rings is 1. The molecular weight excluding hydrogens is 217 g/mol. The second-order valence-electron chi connectivity index (χ2n) is 4.88. The van der Waals surface area contributed by atoms with Gasteiger partial charge in [-0.15, -0.1) is 0 Å². The molecular formula is C14H16FNO. The van der Waals surface area contributed by atoms with Crippen molar-refractivity contribution in [2.45, 2.75) is 19.3 Å². The van der Waals surface area contributed by atoms with E-state index in [0.29, 0.717) is 5.92 Å². The van der Waals surface area contributed by atoms with Crippen LogP contribution in [-0.4, -0.2) is 13.1 Å². The molecule has 0 amide bonds. The lowest BCUT2D eigenvalue weighted by Crippen LogP contribution is -2.34. The maximum atomic E-state index is 14.1. The summed E-state index contributed by atoms with van der Waals surface area (Å²) in [4.78, 5) is 0. The zero-order valence-electron chi connectivity index (χ0n) is 9.87. The van der Waals surface area contributed by atoms with Crippen LogP contribution in [0.25, 0.3) is 11.0 Å². The third-order valence-corrected chi connectivity index (χ3v) is 3.76. The first-order valence-corrected chi connectivity index (χ1v) is 6.13. The third kappa shape index (κ3) is 1.75. The Labute approximate surface area is 99.8 Å². The van der Waals surface area contributed by atoms with Gasteiger partial charge in [0.05, 0.1) is 6.26 Å². The summed E-state index contributed by atoms with van der Waals surface area (Å²) in [6.07, 6.45) is 2.61. The van der Waals surface area contributed by atoms with Gasteiger partial charge in [-0.3, -0.25) is 0 Å². The summed E-state index contributed by atoms with van der Waals surface area (Å²) < 4.78 is 19.5. The smallest absolute Gasteiger partial charge is 0.140 e. The first-order chi connectivity index (χ1) is 8.27. The normalized spacial score (nSPS) is 25.3. The molecule has 0 unspecified atom stereocenters. The number of rotatable bonds is 1. The minimum Gasteiger partial charge on any atom is -0.464 e. The Morgan fingerprint density at radius 2 is 2.24 bits per heavy atom. The molecule has 0 spiro atoms. The summed E-state index contributed by atoms with van der Waals surface area (Å²) in [5, 5.41) is 4.34. The standard InChI is InChI=1S/C14H16FNO/c1-9-8-16-6-4-11(9)13-12(15)3-2-10-5-7-17-14(10)13/h2-3,5,7,9,11,16H,4,6,8H2,1H3/t9-,11-/m1/s1. The molecule has 0 radical (unpaired) electrons. The summed E-state index contributed by atoms with van der Waals surface area (Å²) >= 11 is 0. The van der Waals surface area contributed by atoms with Gasteiger partial charge < -0.3 is 9.73 Å². The van der Waals surface area contributed by atoms with Crippen molar-refractivity contribution < 1.29 is 8.81 Å². The lowest BCUT2D eigenvalue weighted by Gasteiger charge is -2.30. The van der Waals surface area contributed by atoms with Gasteiger partial charge >= 0.3 is 0 Å². The minimum atomic E-state index is -0.133. The molecule has 1 aromatic heterocycles. The second-order valence-corrected chi connectivity index (χ2v) is 4.88. The molecule has 0 bridgehead atoms. The van der Waals surface area contributed by atoms with E-state index in [1.807, 2.05) is 6.07 Å². The Kier molecular flexibility index (Phi) is 2.63. The van der Waals surface area contributed by atoms with Crippen molar-refractivity contribution in [2.24, 2.45) is 5.92 Å². The van der Waals surface area contributed by atoms with Crippen molar-refractivity contribution in [1.29, 1.82) is 0 Å². The largest absolute Gasteiger partial charge is 0.464 e. The highest BCUT2D eigenvalue weighted by atomic mass is 19.1. The van der Waals surface area contributed by atoms with Crippen molar-refractivity contribution in [3.05, 3.63) is 35.8 Å². The zero-order chi connectivity index (χ0) is 11.8. The topological polar surface area (TPSA) is 25.2 Å². The molecule has 2 atom stereocenters. The SMILES string of the molecule is C[C@@H]1CNCC[C@H]1c1c(F)ccc2ccoc12. The highest BCUT2D eigenvalue weighted by molar-refractivity contribution is 5.81. The fraction of sp³-hybridized carbons (Fsp3) is 0.429. The summed E-state index contributed by atoms with van der Waals surface area (Å²) in [5.74, 6) is 0.561. The fourth-order valence-corrected chi connectivity index (χ4v) is 2.82. The van der Waals surface area contributed by atoms with E-state index < -0.39 is 0 Å². The third-order valence-electron chi connectivity index (χ3n) is 3.76. The molecule has 0 aliphatic carbocycles. The number of benzene rings is 1. The summed E-state index contributed by atoms with van der Waals surface area (Å²) in [6.45, 7) is 4.06. The Morgan fingerprint density at radius 1 is 1.35 bits per heavy atom. The molecule has 3 heteroatoms. The Balaban J connectivity index is 2.14. The van der Waals surface area contributed by atoms with Gasteiger partial charge in [0.25, 0.3) is 0 Å². The van der Waals surface area contributed by atoms with Crippen LogP contribution in [0.1, 0.15) is 24.8 Å². The lowest BCUT2D eigenvalue weighted by atomic mass is 9.81. The number of hydrogen-bond donors (Lipinski definition) is 1. The molecule has 17 heavy (non-hydrogen) atoms. The van der Waals surface area contributed by atoms with Gasteiger partial charge in [-0.25, -0.2) is 4.39 Å². The monoisotopic (exact) mass is 233 g/mol. The fourth-order valence-electron chi connectivity index (χ4n) is 2.82. The number of halogens is 1.